The van der Waals surface area contributed by atoms with Crippen molar-refractivity contribution in [3.05, 3.63) is 70.3 Å². The van der Waals surface area contributed by atoms with Crippen LogP contribution in [0.25, 0.3) is 11.4 Å². The third-order valence-corrected chi connectivity index (χ3v) is 4.65. The molecular weight excluding hydrogens is 468 g/mol. The molecule has 12 heteroatoms. The van der Waals surface area contributed by atoms with Gasteiger partial charge in [-0.25, -0.2) is 4.39 Å². The van der Waals surface area contributed by atoms with E-state index in [4.69, 9.17) is 16.4 Å². The number of carbonyl (C=O) groups is 1. The maximum absolute atomic E-state index is 13.0. The molecule has 1 N–H and O–H groups in total. The molecule has 3 aromatic rings. The second-order valence-electron chi connectivity index (χ2n) is 6.91. The summed E-state index contributed by atoms with van der Waals surface area (Å²) >= 11 is 5.90. The molecule has 0 aliphatic rings. The van der Waals surface area contributed by atoms with Crippen LogP contribution in [0.1, 0.15) is 35.2 Å². The summed E-state index contributed by atoms with van der Waals surface area (Å²) in [5.41, 5.74) is 1.14. The van der Waals surface area contributed by atoms with Gasteiger partial charge in [0.05, 0.1) is 5.02 Å². The van der Waals surface area contributed by atoms with Crippen molar-refractivity contribution in [2.45, 2.75) is 32.2 Å². The van der Waals surface area contributed by atoms with Crippen LogP contribution in [0.5, 0.6) is 0 Å². The largest absolute Gasteiger partial charge is 0.471 e. The molecule has 0 radical (unpaired) electrons. The highest BCUT2D eigenvalue weighted by Gasteiger charge is 2.38. The fourth-order valence-corrected chi connectivity index (χ4v) is 2.81. The van der Waals surface area contributed by atoms with Crippen molar-refractivity contribution in [1.29, 1.82) is 0 Å². The molecule has 0 fully saturated rings. The topological polar surface area (TPSA) is 89.6 Å². The van der Waals surface area contributed by atoms with Crippen LogP contribution in [0.15, 0.2) is 52.1 Å². The van der Waals surface area contributed by atoms with Gasteiger partial charge in [-0.2, -0.15) is 18.2 Å². The van der Waals surface area contributed by atoms with Crippen LogP contribution >= 0.6 is 11.6 Å². The molecular formula is C21H17ClF4N4O3. The SMILES string of the molecule is CC(C/C=N/OCc1ccc(F)cc1Cl)NC(=O)c1ccc(-c2noc(C(F)(F)F)n2)cc1. The number of carbonyl (C=O) groups excluding carboxylic acids is 1. The third-order valence-electron chi connectivity index (χ3n) is 4.29. The summed E-state index contributed by atoms with van der Waals surface area (Å²) in [6.07, 6.45) is -2.90. The number of alkyl halides is 3. The van der Waals surface area contributed by atoms with E-state index in [1.165, 1.54) is 48.7 Å². The molecule has 174 valence electrons. The summed E-state index contributed by atoms with van der Waals surface area (Å²) in [5.74, 6) is -2.51. The minimum atomic E-state index is -4.73. The number of halogens is 5. The summed E-state index contributed by atoms with van der Waals surface area (Å²) in [4.78, 5) is 20.8. The summed E-state index contributed by atoms with van der Waals surface area (Å²) in [6, 6.07) is 9.35. The highest BCUT2D eigenvalue weighted by Crippen LogP contribution is 2.29. The van der Waals surface area contributed by atoms with Gasteiger partial charge in [0.25, 0.3) is 5.91 Å². The van der Waals surface area contributed by atoms with E-state index in [9.17, 15) is 22.4 Å². The molecule has 3 rings (SSSR count). The van der Waals surface area contributed by atoms with Crippen LogP contribution in [0.2, 0.25) is 5.02 Å². The van der Waals surface area contributed by atoms with E-state index in [-0.39, 0.29) is 35.0 Å². The number of rotatable bonds is 8. The van der Waals surface area contributed by atoms with Crippen LogP contribution in [0.3, 0.4) is 0 Å². The molecule has 0 spiro atoms. The molecule has 1 heterocycles. The average molecular weight is 485 g/mol. The standard InChI is InChI=1S/C21H17ClF4N4O3/c1-12(8-9-27-32-11-15-6-7-16(23)10-17(15)22)28-19(31)14-4-2-13(3-5-14)18-29-20(33-30-18)21(24,25)26/h2-7,9-10,12H,8,11H2,1H3,(H,28,31)/b27-9+. The summed E-state index contributed by atoms with van der Waals surface area (Å²) < 4.78 is 54.9. The first kappa shape index (κ1) is 24.2. The molecule has 1 atom stereocenters. The smallest absolute Gasteiger partial charge is 0.391 e. The lowest BCUT2D eigenvalue weighted by atomic mass is 10.1. The van der Waals surface area contributed by atoms with Crippen molar-refractivity contribution in [3.8, 4) is 11.4 Å². The minimum absolute atomic E-state index is 0.0630. The Kier molecular flexibility index (Phi) is 7.64. The zero-order valence-electron chi connectivity index (χ0n) is 17.1. The summed E-state index contributed by atoms with van der Waals surface area (Å²) in [5, 5.41) is 10.1. The summed E-state index contributed by atoms with van der Waals surface area (Å²) in [7, 11) is 0. The first-order valence-electron chi connectivity index (χ1n) is 9.53. The van der Waals surface area contributed by atoms with Gasteiger partial charge in [0, 0.05) is 35.4 Å². The number of aromatic nitrogens is 2. The number of hydrogen-bond donors (Lipinski definition) is 1. The van der Waals surface area contributed by atoms with Gasteiger partial charge in [-0.05, 0) is 31.2 Å². The Morgan fingerprint density at radius 2 is 2.00 bits per heavy atom. The Morgan fingerprint density at radius 3 is 2.64 bits per heavy atom. The van der Waals surface area contributed by atoms with Gasteiger partial charge in [-0.1, -0.05) is 40.1 Å². The zero-order valence-corrected chi connectivity index (χ0v) is 17.8. The van der Waals surface area contributed by atoms with Gasteiger partial charge in [0.2, 0.25) is 5.82 Å². The monoisotopic (exact) mass is 484 g/mol. The normalized spacial score (nSPS) is 12.7. The lowest BCUT2D eigenvalue weighted by Crippen LogP contribution is -2.32. The first-order chi connectivity index (χ1) is 15.6. The molecule has 0 saturated carbocycles. The maximum atomic E-state index is 13.0. The fraction of sp³-hybridized carbons (Fsp3) is 0.238. The fourth-order valence-electron chi connectivity index (χ4n) is 2.59. The van der Waals surface area contributed by atoms with Crippen molar-refractivity contribution in [3.63, 3.8) is 0 Å². The Hall–Kier alpha value is -3.47. The Morgan fingerprint density at radius 1 is 1.27 bits per heavy atom. The molecule has 0 aliphatic carbocycles. The number of oxime groups is 1. The van der Waals surface area contributed by atoms with Crippen molar-refractivity contribution in [1.82, 2.24) is 15.5 Å². The molecule has 33 heavy (non-hydrogen) atoms. The minimum Gasteiger partial charge on any atom is -0.391 e. The number of nitrogens with one attached hydrogen (secondary N) is 1. The molecule has 1 unspecified atom stereocenters. The molecule has 7 nitrogen and oxygen atoms in total. The van der Waals surface area contributed by atoms with E-state index >= 15 is 0 Å². The molecule has 0 aliphatic heterocycles. The van der Waals surface area contributed by atoms with Crippen molar-refractivity contribution in [2.24, 2.45) is 5.16 Å². The van der Waals surface area contributed by atoms with Crippen LogP contribution in [-0.4, -0.2) is 28.3 Å². The quantitative estimate of drug-likeness (QED) is 0.268. The van der Waals surface area contributed by atoms with E-state index in [2.05, 4.69) is 25.1 Å². The van der Waals surface area contributed by atoms with Crippen molar-refractivity contribution >= 4 is 23.7 Å². The van der Waals surface area contributed by atoms with Crippen LogP contribution in [0, 0.1) is 5.82 Å². The maximum Gasteiger partial charge on any atom is 0.471 e. The van der Waals surface area contributed by atoms with E-state index in [1.54, 1.807) is 6.92 Å². The molecule has 1 aromatic heterocycles. The van der Waals surface area contributed by atoms with E-state index in [1.807, 2.05) is 0 Å². The van der Waals surface area contributed by atoms with Crippen LogP contribution in [0.4, 0.5) is 17.6 Å². The van der Waals surface area contributed by atoms with Gasteiger partial charge < -0.3 is 14.7 Å². The van der Waals surface area contributed by atoms with E-state index in [0.717, 1.165) is 0 Å². The number of amides is 1. The number of benzene rings is 2. The molecule has 0 saturated heterocycles. The predicted octanol–water partition coefficient (Wildman–Crippen LogP) is 5.26. The molecule has 1 amide bonds. The Balaban J connectivity index is 1.47. The average Bonchev–Trinajstić information content (AvgIpc) is 3.26. The highest BCUT2D eigenvalue weighted by atomic mass is 35.5. The van der Waals surface area contributed by atoms with Crippen molar-refractivity contribution < 1.29 is 31.7 Å². The van der Waals surface area contributed by atoms with E-state index in [0.29, 0.717) is 17.5 Å². The van der Waals surface area contributed by atoms with Gasteiger partial charge in [-0.15, -0.1) is 0 Å². The van der Waals surface area contributed by atoms with Gasteiger partial charge in [0.1, 0.15) is 12.4 Å². The van der Waals surface area contributed by atoms with Gasteiger partial charge in [0.15, 0.2) is 0 Å². The second kappa shape index (κ2) is 10.4. The van der Waals surface area contributed by atoms with Gasteiger partial charge in [-0.3, -0.25) is 4.79 Å². The zero-order chi connectivity index (χ0) is 24.0. The third kappa shape index (κ3) is 6.75. The van der Waals surface area contributed by atoms with Crippen molar-refractivity contribution in [2.75, 3.05) is 0 Å². The number of nitrogens with zero attached hydrogens (tertiary/aromatic N) is 3. The second-order valence-corrected chi connectivity index (χ2v) is 7.31. The van der Waals surface area contributed by atoms with Crippen LogP contribution in [-0.2, 0) is 17.6 Å². The lowest BCUT2D eigenvalue weighted by Gasteiger charge is -2.11. The van der Waals surface area contributed by atoms with E-state index < -0.39 is 17.9 Å². The highest BCUT2D eigenvalue weighted by molar-refractivity contribution is 6.31. The Bertz CT molecular complexity index is 1130. The number of hydrogen-bond acceptors (Lipinski definition) is 6. The first-order valence-corrected chi connectivity index (χ1v) is 9.91. The predicted molar refractivity (Wildman–Crippen MR) is 111 cm³/mol. The van der Waals surface area contributed by atoms with Crippen LogP contribution < -0.4 is 5.32 Å². The Labute approximate surface area is 190 Å². The lowest BCUT2D eigenvalue weighted by molar-refractivity contribution is -0.159. The molecule has 2 aromatic carbocycles. The summed E-state index contributed by atoms with van der Waals surface area (Å²) in [6.45, 7) is 1.82. The van der Waals surface area contributed by atoms with Gasteiger partial charge >= 0.3 is 12.1 Å². The molecule has 0 bridgehead atoms.